The molecule has 0 saturated carbocycles. The standard InChI is InChI=1S/C13H14BrFN2O3/c1-3-4-10(12(18)19)16-13(20)17-11-6-9(15)8(14)5-7(11)2/h3,5-6,10H,1,4H2,2H3,(H,18,19)(H2,16,17,20). The highest BCUT2D eigenvalue weighted by Gasteiger charge is 2.18. The van der Waals surface area contributed by atoms with Gasteiger partial charge >= 0.3 is 12.0 Å². The molecule has 0 aromatic heterocycles. The van der Waals surface area contributed by atoms with Crippen LogP contribution in [0.1, 0.15) is 12.0 Å². The Kier molecular flexibility index (Phi) is 5.69. The van der Waals surface area contributed by atoms with Crippen molar-refractivity contribution in [1.29, 1.82) is 0 Å². The summed E-state index contributed by atoms with van der Waals surface area (Å²) in [5.74, 6) is -1.69. The summed E-state index contributed by atoms with van der Waals surface area (Å²) >= 11 is 3.03. The number of hydrogen-bond donors (Lipinski definition) is 3. The summed E-state index contributed by atoms with van der Waals surface area (Å²) < 4.78 is 13.7. The predicted molar refractivity (Wildman–Crippen MR) is 77.2 cm³/mol. The van der Waals surface area contributed by atoms with Crippen molar-refractivity contribution in [3.05, 3.63) is 40.6 Å². The predicted octanol–water partition coefficient (Wildman–Crippen LogP) is 3.05. The number of urea groups is 1. The van der Waals surface area contributed by atoms with E-state index in [1.165, 1.54) is 12.1 Å². The molecule has 7 heteroatoms. The number of benzene rings is 1. The van der Waals surface area contributed by atoms with Crippen LogP contribution in [0.25, 0.3) is 0 Å². The van der Waals surface area contributed by atoms with E-state index in [1.54, 1.807) is 6.92 Å². The minimum absolute atomic E-state index is 0.0937. The number of carbonyl (C=O) groups is 2. The quantitative estimate of drug-likeness (QED) is 0.718. The second-order valence-electron chi connectivity index (χ2n) is 4.09. The van der Waals surface area contributed by atoms with Crippen LogP contribution in [0.3, 0.4) is 0 Å². The number of carboxylic acid groups (broad SMARTS) is 1. The third kappa shape index (κ3) is 4.34. The Morgan fingerprint density at radius 3 is 2.75 bits per heavy atom. The molecule has 0 aliphatic rings. The first-order valence-corrected chi connectivity index (χ1v) is 6.51. The maximum Gasteiger partial charge on any atom is 0.326 e. The summed E-state index contributed by atoms with van der Waals surface area (Å²) in [7, 11) is 0. The van der Waals surface area contributed by atoms with Gasteiger partial charge in [-0.3, -0.25) is 0 Å². The topological polar surface area (TPSA) is 78.4 Å². The molecule has 1 atom stereocenters. The minimum atomic E-state index is -1.17. The largest absolute Gasteiger partial charge is 0.480 e. The van der Waals surface area contributed by atoms with Crippen LogP contribution >= 0.6 is 15.9 Å². The Bertz CT molecular complexity index is 549. The van der Waals surface area contributed by atoms with Crippen LogP contribution in [0.15, 0.2) is 29.3 Å². The van der Waals surface area contributed by atoms with Crippen LogP contribution in [0.5, 0.6) is 0 Å². The lowest BCUT2D eigenvalue weighted by molar-refractivity contribution is -0.139. The minimum Gasteiger partial charge on any atom is -0.480 e. The molecule has 3 N–H and O–H groups in total. The van der Waals surface area contributed by atoms with Crippen molar-refractivity contribution in [3.8, 4) is 0 Å². The molecular weight excluding hydrogens is 331 g/mol. The Labute approximate surface area is 124 Å². The average Bonchev–Trinajstić information content (AvgIpc) is 2.35. The molecule has 0 fully saturated rings. The fourth-order valence-corrected chi connectivity index (χ4v) is 1.94. The molecule has 1 unspecified atom stereocenters. The summed E-state index contributed by atoms with van der Waals surface area (Å²) in [6.45, 7) is 5.11. The molecule has 0 aliphatic carbocycles. The third-order valence-corrected chi connectivity index (χ3v) is 3.13. The zero-order valence-corrected chi connectivity index (χ0v) is 12.3. The molecule has 0 saturated heterocycles. The summed E-state index contributed by atoms with van der Waals surface area (Å²) in [5.41, 5.74) is 0.912. The second-order valence-corrected chi connectivity index (χ2v) is 4.95. The first kappa shape index (κ1) is 16.2. The molecule has 0 aliphatic heterocycles. The van der Waals surface area contributed by atoms with E-state index in [4.69, 9.17) is 5.11 Å². The van der Waals surface area contributed by atoms with Crippen LogP contribution in [-0.4, -0.2) is 23.1 Å². The van der Waals surface area contributed by atoms with Gasteiger partial charge in [-0.05, 0) is 47.0 Å². The number of aryl methyl sites for hydroxylation is 1. The first-order valence-electron chi connectivity index (χ1n) is 5.72. The van der Waals surface area contributed by atoms with Gasteiger partial charge < -0.3 is 15.7 Å². The summed E-state index contributed by atoms with van der Waals surface area (Å²) in [6.07, 6.45) is 1.49. The number of nitrogens with one attached hydrogen (secondary N) is 2. The maximum absolute atomic E-state index is 13.4. The molecular formula is C13H14BrFN2O3. The summed E-state index contributed by atoms with van der Waals surface area (Å²) in [4.78, 5) is 22.6. The van der Waals surface area contributed by atoms with E-state index in [0.717, 1.165) is 6.07 Å². The van der Waals surface area contributed by atoms with Crippen molar-refractivity contribution < 1.29 is 19.1 Å². The van der Waals surface area contributed by atoms with Crippen molar-refractivity contribution in [1.82, 2.24) is 5.32 Å². The van der Waals surface area contributed by atoms with Crippen LogP contribution in [-0.2, 0) is 4.79 Å². The summed E-state index contributed by atoms with van der Waals surface area (Å²) in [6, 6.07) is 0.878. The van der Waals surface area contributed by atoms with Crippen molar-refractivity contribution >= 4 is 33.6 Å². The van der Waals surface area contributed by atoms with E-state index in [9.17, 15) is 14.0 Å². The monoisotopic (exact) mass is 344 g/mol. The Balaban J connectivity index is 2.78. The number of rotatable bonds is 5. The van der Waals surface area contributed by atoms with E-state index >= 15 is 0 Å². The summed E-state index contributed by atoms with van der Waals surface area (Å²) in [5, 5.41) is 13.6. The third-order valence-electron chi connectivity index (χ3n) is 2.52. The lowest BCUT2D eigenvalue weighted by atomic mass is 10.2. The SMILES string of the molecule is C=CCC(NC(=O)Nc1cc(F)c(Br)cc1C)C(=O)O. The van der Waals surface area contributed by atoms with Crippen LogP contribution in [0.4, 0.5) is 14.9 Å². The van der Waals surface area contributed by atoms with Crippen molar-refractivity contribution in [2.75, 3.05) is 5.32 Å². The lowest BCUT2D eigenvalue weighted by Crippen LogP contribution is -2.42. The molecule has 20 heavy (non-hydrogen) atoms. The van der Waals surface area contributed by atoms with E-state index in [2.05, 4.69) is 33.1 Å². The van der Waals surface area contributed by atoms with Gasteiger partial charge in [0.05, 0.1) is 4.47 Å². The van der Waals surface area contributed by atoms with Gasteiger partial charge in [0, 0.05) is 5.69 Å². The smallest absolute Gasteiger partial charge is 0.326 e. The highest BCUT2D eigenvalue weighted by Crippen LogP contribution is 2.23. The molecule has 0 bridgehead atoms. The number of hydrogen-bond acceptors (Lipinski definition) is 2. The molecule has 1 aromatic rings. The van der Waals surface area contributed by atoms with Gasteiger partial charge in [-0.25, -0.2) is 14.0 Å². The van der Waals surface area contributed by atoms with E-state index < -0.39 is 23.9 Å². The number of halogens is 2. The van der Waals surface area contributed by atoms with Crippen molar-refractivity contribution in [3.63, 3.8) is 0 Å². The Morgan fingerprint density at radius 1 is 1.55 bits per heavy atom. The lowest BCUT2D eigenvalue weighted by Gasteiger charge is -2.14. The van der Waals surface area contributed by atoms with Crippen molar-refractivity contribution in [2.45, 2.75) is 19.4 Å². The Hall–Kier alpha value is -1.89. The van der Waals surface area contributed by atoms with Crippen LogP contribution in [0, 0.1) is 12.7 Å². The fourth-order valence-electron chi connectivity index (χ4n) is 1.49. The fraction of sp³-hybridized carbons (Fsp3) is 0.231. The molecule has 108 valence electrons. The van der Waals surface area contributed by atoms with Gasteiger partial charge in [-0.15, -0.1) is 6.58 Å². The van der Waals surface area contributed by atoms with Gasteiger partial charge in [0.1, 0.15) is 11.9 Å². The number of carbonyl (C=O) groups excluding carboxylic acids is 1. The van der Waals surface area contributed by atoms with Gasteiger partial charge in [0.2, 0.25) is 0 Å². The Morgan fingerprint density at radius 2 is 2.20 bits per heavy atom. The number of carboxylic acids is 1. The highest BCUT2D eigenvalue weighted by molar-refractivity contribution is 9.10. The highest BCUT2D eigenvalue weighted by atomic mass is 79.9. The maximum atomic E-state index is 13.4. The number of aliphatic carboxylic acids is 1. The number of anilines is 1. The molecule has 1 aromatic carbocycles. The van der Waals surface area contributed by atoms with Gasteiger partial charge in [0.25, 0.3) is 0 Å². The van der Waals surface area contributed by atoms with Gasteiger partial charge in [-0.2, -0.15) is 0 Å². The van der Waals surface area contributed by atoms with E-state index in [1.807, 2.05) is 0 Å². The van der Waals surface area contributed by atoms with E-state index in [-0.39, 0.29) is 16.6 Å². The normalized spacial score (nSPS) is 11.6. The van der Waals surface area contributed by atoms with Gasteiger partial charge in [-0.1, -0.05) is 6.08 Å². The molecule has 5 nitrogen and oxygen atoms in total. The average molecular weight is 345 g/mol. The molecule has 0 spiro atoms. The molecule has 0 radical (unpaired) electrons. The molecule has 2 amide bonds. The zero-order chi connectivity index (χ0) is 15.3. The zero-order valence-electron chi connectivity index (χ0n) is 10.7. The first-order chi connectivity index (χ1) is 9.35. The van der Waals surface area contributed by atoms with E-state index in [0.29, 0.717) is 5.56 Å². The molecule has 0 heterocycles. The second kappa shape index (κ2) is 7.04. The van der Waals surface area contributed by atoms with Crippen molar-refractivity contribution in [2.24, 2.45) is 0 Å². The number of amides is 2. The van der Waals surface area contributed by atoms with Gasteiger partial charge in [0.15, 0.2) is 0 Å². The molecule has 1 rings (SSSR count). The van der Waals surface area contributed by atoms with Crippen LogP contribution in [0.2, 0.25) is 0 Å². The van der Waals surface area contributed by atoms with Crippen LogP contribution < -0.4 is 10.6 Å².